The molecule has 3 aromatic carbocycles. The number of amides is 1. The Kier molecular flexibility index (Phi) is 5.39. The molecule has 32 heavy (non-hydrogen) atoms. The van der Waals surface area contributed by atoms with Crippen LogP contribution in [-0.4, -0.2) is 27.0 Å². The van der Waals surface area contributed by atoms with Gasteiger partial charge in [-0.05, 0) is 41.1 Å². The smallest absolute Gasteiger partial charge is 0.283 e. The highest BCUT2D eigenvalue weighted by molar-refractivity contribution is 8.27. The summed E-state index contributed by atoms with van der Waals surface area (Å²) >= 11 is 1.29. The Morgan fingerprint density at radius 2 is 1.72 bits per heavy atom. The molecule has 3 aromatic rings. The highest BCUT2D eigenvalue weighted by atomic mass is 32.2. The van der Waals surface area contributed by atoms with Gasteiger partial charge in [-0.15, -0.1) is 0 Å². The van der Waals surface area contributed by atoms with Gasteiger partial charge >= 0.3 is 0 Å². The molecular formula is C25H18N4O2S. The van der Waals surface area contributed by atoms with E-state index in [0.29, 0.717) is 22.6 Å². The van der Waals surface area contributed by atoms with Crippen LogP contribution in [0.4, 0.5) is 0 Å². The van der Waals surface area contributed by atoms with E-state index in [-0.39, 0.29) is 11.4 Å². The first kappa shape index (κ1) is 20.0. The fraction of sp³-hybridized carbons (Fsp3) is 0.0400. The number of nitrogens with zero attached hydrogens (tertiary/aromatic N) is 3. The topological polar surface area (TPSA) is 78.1 Å². The minimum atomic E-state index is -0.450. The minimum Gasteiger partial charge on any atom is -0.489 e. The summed E-state index contributed by atoms with van der Waals surface area (Å²) < 4.78 is 5.88. The Balaban J connectivity index is 1.37. The molecule has 0 saturated heterocycles. The van der Waals surface area contributed by atoms with E-state index >= 15 is 0 Å². The number of benzene rings is 3. The van der Waals surface area contributed by atoms with Crippen LogP contribution in [0.5, 0.6) is 5.75 Å². The van der Waals surface area contributed by atoms with Crippen LogP contribution in [0.3, 0.4) is 0 Å². The van der Waals surface area contributed by atoms with E-state index < -0.39 is 5.91 Å². The van der Waals surface area contributed by atoms with Crippen LogP contribution in [0.2, 0.25) is 0 Å². The zero-order valence-electron chi connectivity index (χ0n) is 16.9. The molecule has 0 radical (unpaired) electrons. The van der Waals surface area contributed by atoms with E-state index in [0.717, 1.165) is 16.7 Å². The van der Waals surface area contributed by atoms with Crippen molar-refractivity contribution in [2.45, 2.75) is 6.61 Å². The Labute approximate surface area is 189 Å². The quantitative estimate of drug-likeness (QED) is 0.573. The van der Waals surface area contributed by atoms with Gasteiger partial charge in [-0.25, -0.2) is 0 Å². The van der Waals surface area contributed by atoms with Crippen LogP contribution in [0.15, 0.2) is 101 Å². The molecule has 7 heteroatoms. The highest BCUT2D eigenvalue weighted by Crippen LogP contribution is 2.31. The highest BCUT2D eigenvalue weighted by Gasteiger charge is 2.35. The van der Waals surface area contributed by atoms with Crippen molar-refractivity contribution in [3.05, 3.63) is 107 Å². The first-order valence-corrected chi connectivity index (χ1v) is 10.8. The predicted octanol–water partition coefficient (Wildman–Crippen LogP) is 4.93. The summed E-state index contributed by atoms with van der Waals surface area (Å²) in [5.74, 6) is 0.242. The van der Waals surface area contributed by atoms with Gasteiger partial charge in [0.2, 0.25) is 5.17 Å². The van der Waals surface area contributed by atoms with Crippen molar-refractivity contribution in [2.24, 2.45) is 10.1 Å². The van der Waals surface area contributed by atoms with Crippen LogP contribution in [-0.2, 0) is 11.4 Å². The van der Waals surface area contributed by atoms with Gasteiger partial charge in [0, 0.05) is 5.56 Å². The number of hydrazone groups is 1. The van der Waals surface area contributed by atoms with Crippen LogP contribution >= 0.6 is 11.8 Å². The second-order valence-electron chi connectivity index (χ2n) is 7.14. The standard InChI is InChI=1S/C25H18N4O2S/c26-22-21(15-18-10-7-13-20(14-18)31-16-17-8-3-1-4-9-17)23(30)27-25-29(22)28-24(32-25)19-11-5-2-6-12-19/h1-15,26H,16H2/b21-15-,26-22?. The number of hydrogen-bond donors (Lipinski definition) is 1. The first-order valence-electron chi connectivity index (χ1n) is 10.00. The van der Waals surface area contributed by atoms with Gasteiger partial charge in [0.05, 0.1) is 5.57 Å². The normalized spacial score (nSPS) is 16.6. The number of amidine groups is 2. The second kappa shape index (κ2) is 8.64. The number of nitrogens with one attached hydrogen (secondary N) is 1. The minimum absolute atomic E-state index is 0.00837. The van der Waals surface area contributed by atoms with E-state index in [9.17, 15) is 4.79 Å². The number of rotatable bonds is 5. The van der Waals surface area contributed by atoms with Crippen LogP contribution < -0.4 is 4.74 Å². The number of carbonyl (C=O) groups is 1. The molecule has 0 aromatic heterocycles. The van der Waals surface area contributed by atoms with Crippen molar-refractivity contribution in [1.82, 2.24) is 5.01 Å². The van der Waals surface area contributed by atoms with E-state index in [4.69, 9.17) is 10.1 Å². The molecule has 2 aliphatic heterocycles. The summed E-state index contributed by atoms with van der Waals surface area (Å²) in [6, 6.07) is 27.0. The molecule has 0 unspecified atom stereocenters. The molecule has 0 atom stereocenters. The van der Waals surface area contributed by atoms with Crippen LogP contribution in [0.1, 0.15) is 16.7 Å². The summed E-state index contributed by atoms with van der Waals surface area (Å²) in [5, 5.41) is 15.6. The Morgan fingerprint density at radius 3 is 2.50 bits per heavy atom. The van der Waals surface area contributed by atoms with E-state index in [1.54, 1.807) is 6.08 Å². The Morgan fingerprint density at radius 1 is 0.969 bits per heavy atom. The lowest BCUT2D eigenvalue weighted by Gasteiger charge is -2.20. The van der Waals surface area contributed by atoms with Gasteiger partial charge in [-0.2, -0.15) is 15.1 Å². The van der Waals surface area contributed by atoms with Crippen LogP contribution in [0, 0.1) is 5.41 Å². The number of thioether (sulfide) groups is 1. The maximum absolute atomic E-state index is 12.7. The molecule has 0 saturated carbocycles. The summed E-state index contributed by atoms with van der Waals surface area (Å²) in [7, 11) is 0. The molecule has 0 spiro atoms. The second-order valence-corrected chi connectivity index (χ2v) is 8.09. The fourth-order valence-electron chi connectivity index (χ4n) is 3.29. The van der Waals surface area contributed by atoms with Crippen LogP contribution in [0.25, 0.3) is 6.08 Å². The summed E-state index contributed by atoms with van der Waals surface area (Å²) in [6.07, 6.45) is 1.65. The third-order valence-electron chi connectivity index (χ3n) is 4.89. The van der Waals surface area contributed by atoms with Crippen molar-refractivity contribution < 1.29 is 9.53 Å². The van der Waals surface area contributed by atoms with Gasteiger partial charge in [0.15, 0.2) is 5.84 Å². The van der Waals surface area contributed by atoms with E-state index in [1.165, 1.54) is 16.8 Å². The summed E-state index contributed by atoms with van der Waals surface area (Å²) in [4.78, 5) is 16.8. The number of ether oxygens (including phenoxy) is 1. The Hall–Kier alpha value is -3.97. The molecule has 1 N–H and O–H groups in total. The van der Waals surface area contributed by atoms with Gasteiger partial charge in [0.25, 0.3) is 5.91 Å². The van der Waals surface area contributed by atoms with Gasteiger partial charge in [-0.1, -0.05) is 72.8 Å². The first-order chi connectivity index (χ1) is 15.7. The maximum atomic E-state index is 12.7. The lowest BCUT2D eigenvalue weighted by atomic mass is 10.1. The lowest BCUT2D eigenvalue weighted by Crippen LogP contribution is -2.35. The molecule has 0 bridgehead atoms. The summed E-state index contributed by atoms with van der Waals surface area (Å²) in [6.45, 7) is 0.450. The third kappa shape index (κ3) is 4.10. The van der Waals surface area contributed by atoms with Crippen molar-refractivity contribution >= 4 is 39.8 Å². The largest absolute Gasteiger partial charge is 0.489 e. The predicted molar refractivity (Wildman–Crippen MR) is 128 cm³/mol. The van der Waals surface area contributed by atoms with E-state index in [1.807, 2.05) is 84.9 Å². The molecule has 0 fully saturated rings. The number of hydrogen-bond acceptors (Lipinski definition) is 5. The van der Waals surface area contributed by atoms with Crippen molar-refractivity contribution in [3.8, 4) is 5.75 Å². The van der Waals surface area contributed by atoms with Gasteiger partial charge < -0.3 is 4.74 Å². The van der Waals surface area contributed by atoms with Crippen molar-refractivity contribution in [2.75, 3.05) is 0 Å². The SMILES string of the molecule is N=C1/C(=C/c2cccc(OCc3ccccc3)c2)C(=O)N=C2SC(c3ccccc3)=NN12. The molecule has 2 heterocycles. The number of aliphatic imine (C=N–C) groups is 1. The van der Waals surface area contributed by atoms with Crippen molar-refractivity contribution in [3.63, 3.8) is 0 Å². The average molecular weight is 439 g/mol. The third-order valence-corrected chi connectivity index (χ3v) is 5.85. The van der Waals surface area contributed by atoms with E-state index in [2.05, 4.69) is 10.1 Å². The zero-order chi connectivity index (χ0) is 21.9. The molecule has 6 nitrogen and oxygen atoms in total. The average Bonchev–Trinajstić information content (AvgIpc) is 3.26. The molecule has 156 valence electrons. The molecule has 1 amide bonds. The van der Waals surface area contributed by atoms with Gasteiger partial charge in [-0.3, -0.25) is 10.2 Å². The molecular weight excluding hydrogens is 420 g/mol. The lowest BCUT2D eigenvalue weighted by molar-refractivity contribution is -0.114. The van der Waals surface area contributed by atoms with Crippen molar-refractivity contribution in [1.29, 1.82) is 5.41 Å². The number of fused-ring (bicyclic) bond motifs is 1. The molecule has 0 aliphatic carbocycles. The summed E-state index contributed by atoms with van der Waals surface area (Å²) in [5.41, 5.74) is 2.93. The monoisotopic (exact) mass is 438 g/mol. The number of carbonyl (C=O) groups excluding carboxylic acids is 1. The zero-order valence-corrected chi connectivity index (χ0v) is 17.8. The van der Waals surface area contributed by atoms with Gasteiger partial charge in [0.1, 0.15) is 17.4 Å². The Bertz CT molecular complexity index is 1280. The fourth-order valence-corrected chi connectivity index (χ4v) is 4.19. The molecule has 2 aliphatic rings. The molecule has 5 rings (SSSR count). The maximum Gasteiger partial charge on any atom is 0.283 e.